The third kappa shape index (κ3) is 6.64. The Morgan fingerprint density at radius 1 is 1.15 bits per heavy atom. The summed E-state index contributed by atoms with van der Waals surface area (Å²) >= 11 is 0. The SMILES string of the molecule is O=C(CN(CCOc1ccc(-n2ccnc2)cc1)Cc1ccc2c(c1)OCO2)NCC(F)(F)F. The van der Waals surface area contributed by atoms with Crippen LogP contribution in [0.15, 0.2) is 61.2 Å². The molecule has 0 unspecified atom stereocenters. The van der Waals surface area contributed by atoms with Gasteiger partial charge in [-0.15, -0.1) is 0 Å². The average molecular weight is 476 g/mol. The lowest BCUT2D eigenvalue weighted by Crippen LogP contribution is -2.42. The number of nitrogens with one attached hydrogen (secondary N) is 1. The highest BCUT2D eigenvalue weighted by Gasteiger charge is 2.28. The average Bonchev–Trinajstić information content (AvgIpc) is 3.50. The molecule has 1 amide bonds. The fourth-order valence-corrected chi connectivity index (χ4v) is 3.39. The number of amides is 1. The van der Waals surface area contributed by atoms with E-state index in [2.05, 4.69) is 4.98 Å². The Kier molecular flexibility index (Phi) is 7.21. The number of hydrogen-bond acceptors (Lipinski definition) is 6. The van der Waals surface area contributed by atoms with E-state index < -0.39 is 18.6 Å². The van der Waals surface area contributed by atoms with Gasteiger partial charge in [0.2, 0.25) is 12.7 Å². The van der Waals surface area contributed by atoms with Crippen LogP contribution in [0.5, 0.6) is 17.2 Å². The second-order valence-corrected chi connectivity index (χ2v) is 7.60. The maximum atomic E-state index is 12.5. The predicted octanol–water partition coefficient (Wildman–Crippen LogP) is 3.16. The van der Waals surface area contributed by atoms with Gasteiger partial charge in [-0.3, -0.25) is 9.69 Å². The van der Waals surface area contributed by atoms with E-state index in [1.54, 1.807) is 29.6 Å². The monoisotopic (exact) mass is 476 g/mol. The zero-order chi connectivity index (χ0) is 24.0. The minimum absolute atomic E-state index is 0.135. The van der Waals surface area contributed by atoms with Crippen molar-refractivity contribution >= 4 is 5.91 Å². The minimum atomic E-state index is -4.47. The summed E-state index contributed by atoms with van der Waals surface area (Å²) in [5.41, 5.74) is 1.76. The lowest BCUT2D eigenvalue weighted by Gasteiger charge is -2.22. The molecule has 4 rings (SSSR count). The number of halogens is 3. The van der Waals surface area contributed by atoms with Gasteiger partial charge in [-0.05, 0) is 42.0 Å². The van der Waals surface area contributed by atoms with Gasteiger partial charge in [0.1, 0.15) is 18.9 Å². The largest absolute Gasteiger partial charge is 0.492 e. The predicted molar refractivity (Wildman–Crippen MR) is 116 cm³/mol. The van der Waals surface area contributed by atoms with Crippen molar-refractivity contribution in [1.82, 2.24) is 19.8 Å². The molecule has 0 saturated carbocycles. The summed E-state index contributed by atoms with van der Waals surface area (Å²) in [7, 11) is 0. The number of alkyl halides is 3. The van der Waals surface area contributed by atoms with Gasteiger partial charge in [0.25, 0.3) is 0 Å². The van der Waals surface area contributed by atoms with E-state index in [4.69, 9.17) is 14.2 Å². The molecular weight excluding hydrogens is 453 g/mol. The Morgan fingerprint density at radius 3 is 2.68 bits per heavy atom. The number of carbonyl (C=O) groups is 1. The van der Waals surface area contributed by atoms with Gasteiger partial charge < -0.3 is 24.1 Å². The number of fused-ring (bicyclic) bond motifs is 1. The lowest BCUT2D eigenvalue weighted by atomic mass is 10.2. The van der Waals surface area contributed by atoms with Gasteiger partial charge in [-0.2, -0.15) is 13.2 Å². The summed E-state index contributed by atoms with van der Waals surface area (Å²) in [6, 6.07) is 12.8. The van der Waals surface area contributed by atoms with Crippen molar-refractivity contribution in [1.29, 1.82) is 0 Å². The van der Waals surface area contributed by atoms with Crippen LogP contribution in [0.3, 0.4) is 0 Å². The molecule has 3 aromatic rings. The molecule has 0 fully saturated rings. The number of nitrogens with zero attached hydrogens (tertiary/aromatic N) is 3. The van der Waals surface area contributed by atoms with Crippen LogP contribution in [-0.4, -0.2) is 59.6 Å². The molecule has 34 heavy (non-hydrogen) atoms. The van der Waals surface area contributed by atoms with Crippen LogP contribution in [0.1, 0.15) is 5.56 Å². The minimum Gasteiger partial charge on any atom is -0.492 e. The van der Waals surface area contributed by atoms with E-state index in [1.807, 2.05) is 46.4 Å². The molecule has 8 nitrogen and oxygen atoms in total. The Bertz CT molecular complexity index is 1090. The maximum Gasteiger partial charge on any atom is 0.405 e. The van der Waals surface area contributed by atoms with Crippen molar-refractivity contribution in [3.05, 3.63) is 66.7 Å². The Morgan fingerprint density at radius 2 is 1.94 bits per heavy atom. The molecule has 0 spiro atoms. The molecule has 1 aliphatic rings. The number of carbonyl (C=O) groups excluding carboxylic acids is 1. The molecule has 0 radical (unpaired) electrons. The Hall–Kier alpha value is -3.73. The quantitative estimate of drug-likeness (QED) is 0.485. The highest BCUT2D eigenvalue weighted by Crippen LogP contribution is 2.32. The summed E-state index contributed by atoms with van der Waals surface area (Å²) < 4.78 is 55.7. The molecule has 0 saturated heterocycles. The molecule has 0 aliphatic carbocycles. The number of ether oxygens (including phenoxy) is 3. The van der Waals surface area contributed by atoms with Gasteiger partial charge in [-0.1, -0.05) is 6.07 Å². The second kappa shape index (κ2) is 10.5. The van der Waals surface area contributed by atoms with E-state index in [0.717, 1.165) is 11.3 Å². The third-order valence-corrected chi connectivity index (χ3v) is 5.01. The lowest BCUT2D eigenvalue weighted by molar-refractivity contribution is -0.139. The Balaban J connectivity index is 1.35. The fraction of sp³-hybridized carbons (Fsp3) is 0.304. The van der Waals surface area contributed by atoms with E-state index in [9.17, 15) is 18.0 Å². The van der Waals surface area contributed by atoms with Crippen LogP contribution in [0.2, 0.25) is 0 Å². The zero-order valence-corrected chi connectivity index (χ0v) is 18.1. The first-order valence-electron chi connectivity index (χ1n) is 10.5. The topological polar surface area (TPSA) is 77.9 Å². The molecular formula is C23H23F3N4O4. The maximum absolute atomic E-state index is 12.5. The zero-order valence-electron chi connectivity index (χ0n) is 18.1. The summed E-state index contributed by atoms with van der Waals surface area (Å²) in [5, 5.41) is 1.91. The van der Waals surface area contributed by atoms with Crippen molar-refractivity contribution in [2.24, 2.45) is 0 Å². The van der Waals surface area contributed by atoms with Gasteiger partial charge in [0, 0.05) is 31.2 Å². The number of aromatic nitrogens is 2. The number of hydrogen-bond donors (Lipinski definition) is 1. The normalized spacial score (nSPS) is 12.7. The molecule has 0 bridgehead atoms. The summed E-state index contributed by atoms with van der Waals surface area (Å²) in [6.45, 7) is -0.579. The molecule has 11 heteroatoms. The Labute approximate surface area is 193 Å². The molecule has 180 valence electrons. The second-order valence-electron chi connectivity index (χ2n) is 7.60. The summed E-state index contributed by atoms with van der Waals surface area (Å²) in [6.07, 6.45) is 0.731. The molecule has 2 heterocycles. The molecule has 1 aromatic heterocycles. The van der Waals surface area contributed by atoms with E-state index in [0.29, 0.717) is 30.3 Å². The molecule has 1 N–H and O–H groups in total. The third-order valence-electron chi connectivity index (χ3n) is 5.01. The highest BCUT2D eigenvalue weighted by molar-refractivity contribution is 5.78. The van der Waals surface area contributed by atoms with Gasteiger partial charge in [-0.25, -0.2) is 4.98 Å². The van der Waals surface area contributed by atoms with Crippen LogP contribution in [0.25, 0.3) is 5.69 Å². The number of rotatable bonds is 10. The van der Waals surface area contributed by atoms with E-state index in [1.165, 1.54) is 0 Å². The first-order chi connectivity index (χ1) is 16.4. The van der Waals surface area contributed by atoms with Crippen LogP contribution >= 0.6 is 0 Å². The highest BCUT2D eigenvalue weighted by atomic mass is 19.4. The van der Waals surface area contributed by atoms with Crippen LogP contribution in [0.4, 0.5) is 13.2 Å². The molecule has 2 aromatic carbocycles. The van der Waals surface area contributed by atoms with Crippen molar-refractivity contribution in [3.8, 4) is 22.9 Å². The fourth-order valence-electron chi connectivity index (χ4n) is 3.39. The van der Waals surface area contributed by atoms with E-state index >= 15 is 0 Å². The standard InChI is InChI=1S/C23H23F3N4O4/c24-23(25,26)14-28-22(31)13-29(12-17-1-6-20-21(11-17)34-16-33-20)9-10-32-19-4-2-18(3-5-19)30-8-7-27-15-30/h1-8,11,15H,9-10,12-14,16H2,(H,28,31). The van der Waals surface area contributed by atoms with E-state index in [-0.39, 0.29) is 19.9 Å². The first-order valence-corrected chi connectivity index (χ1v) is 10.5. The molecule has 0 atom stereocenters. The van der Waals surface area contributed by atoms with Crippen LogP contribution in [-0.2, 0) is 11.3 Å². The van der Waals surface area contributed by atoms with Gasteiger partial charge >= 0.3 is 6.18 Å². The van der Waals surface area contributed by atoms with Crippen molar-refractivity contribution in [2.75, 3.05) is 33.0 Å². The first kappa shape index (κ1) is 23.4. The van der Waals surface area contributed by atoms with Gasteiger partial charge in [0.05, 0.1) is 12.9 Å². The summed E-state index contributed by atoms with van der Waals surface area (Å²) in [5.74, 6) is 1.13. The van der Waals surface area contributed by atoms with Gasteiger partial charge in [0.15, 0.2) is 11.5 Å². The van der Waals surface area contributed by atoms with Crippen LogP contribution in [0, 0.1) is 0 Å². The smallest absolute Gasteiger partial charge is 0.405 e. The van der Waals surface area contributed by atoms with Crippen LogP contribution < -0.4 is 19.5 Å². The molecule has 1 aliphatic heterocycles. The summed E-state index contributed by atoms with van der Waals surface area (Å²) in [4.78, 5) is 17.8. The van der Waals surface area contributed by atoms with Crippen molar-refractivity contribution in [2.45, 2.75) is 12.7 Å². The van der Waals surface area contributed by atoms with Crippen molar-refractivity contribution in [3.63, 3.8) is 0 Å². The van der Waals surface area contributed by atoms with Crippen molar-refractivity contribution < 1.29 is 32.2 Å². The number of benzene rings is 2. The number of imidazole rings is 1.